The number of carbonyl (C=O) groups is 2. The van der Waals surface area contributed by atoms with Crippen molar-refractivity contribution >= 4 is 35.0 Å². The zero-order valence-electron chi connectivity index (χ0n) is 21.5. The molecule has 0 aliphatic heterocycles. The average molecular weight is 532 g/mol. The second-order valence-electron chi connectivity index (χ2n) is 9.15. The van der Waals surface area contributed by atoms with Crippen LogP contribution in [0.15, 0.2) is 84.9 Å². The van der Waals surface area contributed by atoms with Gasteiger partial charge in [-0.2, -0.15) is 5.10 Å². The second-order valence-corrected chi connectivity index (χ2v) is 9.59. The fraction of sp³-hybridized carbons (Fsp3) is 0.207. The van der Waals surface area contributed by atoms with Gasteiger partial charge < -0.3 is 20.3 Å². The number of carbonyl (C=O) groups excluding carboxylic acids is 2. The van der Waals surface area contributed by atoms with Crippen LogP contribution in [0.2, 0.25) is 5.02 Å². The van der Waals surface area contributed by atoms with Gasteiger partial charge in [-0.25, -0.2) is 9.48 Å². The maximum absolute atomic E-state index is 13.2. The van der Waals surface area contributed by atoms with Crippen LogP contribution in [-0.2, 0) is 4.79 Å². The number of amides is 3. The van der Waals surface area contributed by atoms with Crippen molar-refractivity contribution in [2.45, 2.75) is 13.8 Å². The highest BCUT2D eigenvalue weighted by molar-refractivity contribution is 6.30. The summed E-state index contributed by atoms with van der Waals surface area (Å²) in [7, 11) is 1.60. The summed E-state index contributed by atoms with van der Waals surface area (Å²) in [5, 5.41) is 11.0. The summed E-state index contributed by atoms with van der Waals surface area (Å²) in [6.45, 7) is 4.23. The molecule has 0 radical (unpaired) electrons. The normalized spacial score (nSPS) is 10.8. The Balaban J connectivity index is 1.57. The lowest BCUT2D eigenvalue weighted by atomic mass is 10.1. The summed E-state index contributed by atoms with van der Waals surface area (Å²) in [5.41, 5.74) is 2.93. The molecule has 0 spiro atoms. The van der Waals surface area contributed by atoms with Crippen LogP contribution in [0.4, 0.5) is 16.3 Å². The molecule has 3 aromatic carbocycles. The summed E-state index contributed by atoms with van der Waals surface area (Å²) in [4.78, 5) is 27.8. The first-order valence-electron chi connectivity index (χ1n) is 12.2. The molecule has 0 aliphatic rings. The molecular weight excluding hydrogens is 502 g/mol. The largest absolute Gasteiger partial charge is 0.497 e. The number of hydrogen-bond donors (Lipinski definition) is 2. The van der Waals surface area contributed by atoms with E-state index >= 15 is 0 Å². The highest BCUT2D eigenvalue weighted by Gasteiger charge is 2.21. The Bertz CT molecular complexity index is 1390. The Morgan fingerprint density at radius 1 is 0.974 bits per heavy atom. The molecule has 2 N–H and O–H groups in total. The lowest BCUT2D eigenvalue weighted by Gasteiger charge is -2.24. The molecule has 0 saturated carbocycles. The monoisotopic (exact) mass is 531 g/mol. The Morgan fingerprint density at radius 2 is 1.71 bits per heavy atom. The van der Waals surface area contributed by atoms with E-state index in [0.717, 1.165) is 11.3 Å². The van der Waals surface area contributed by atoms with E-state index in [0.29, 0.717) is 34.5 Å². The number of methoxy groups -OCH3 is 1. The van der Waals surface area contributed by atoms with Crippen LogP contribution in [0.3, 0.4) is 0 Å². The van der Waals surface area contributed by atoms with Crippen molar-refractivity contribution in [3.05, 3.63) is 90.0 Å². The highest BCUT2D eigenvalue weighted by atomic mass is 35.5. The molecule has 3 amide bonds. The number of nitrogens with zero attached hydrogens (tertiary/aromatic N) is 3. The van der Waals surface area contributed by atoms with E-state index in [1.807, 2.05) is 74.5 Å². The van der Waals surface area contributed by atoms with Crippen molar-refractivity contribution in [2.24, 2.45) is 5.92 Å². The van der Waals surface area contributed by atoms with Crippen LogP contribution in [0.25, 0.3) is 16.9 Å². The van der Waals surface area contributed by atoms with E-state index in [9.17, 15) is 9.59 Å². The third-order valence-electron chi connectivity index (χ3n) is 5.65. The number of nitrogens with one attached hydrogen (secondary N) is 2. The predicted molar refractivity (Wildman–Crippen MR) is 151 cm³/mol. The van der Waals surface area contributed by atoms with E-state index < -0.39 is 0 Å². The summed E-state index contributed by atoms with van der Waals surface area (Å²) in [5.74, 6) is 1.01. The second kappa shape index (κ2) is 12.3. The van der Waals surface area contributed by atoms with Gasteiger partial charge in [-0.05, 0) is 48.4 Å². The van der Waals surface area contributed by atoms with E-state index in [2.05, 4.69) is 10.6 Å². The molecule has 196 valence electrons. The van der Waals surface area contributed by atoms with Crippen molar-refractivity contribution in [1.29, 1.82) is 0 Å². The highest BCUT2D eigenvalue weighted by Crippen LogP contribution is 2.26. The van der Waals surface area contributed by atoms with Crippen molar-refractivity contribution in [3.8, 4) is 22.7 Å². The van der Waals surface area contributed by atoms with Crippen LogP contribution in [0, 0.1) is 5.92 Å². The molecule has 9 heteroatoms. The first kappa shape index (κ1) is 26.8. The van der Waals surface area contributed by atoms with Crippen molar-refractivity contribution in [3.63, 3.8) is 0 Å². The summed E-state index contributed by atoms with van der Waals surface area (Å²) < 4.78 is 6.94. The Hall–Kier alpha value is -4.30. The van der Waals surface area contributed by atoms with Gasteiger partial charge >= 0.3 is 6.03 Å². The minimum Gasteiger partial charge on any atom is -0.497 e. The zero-order chi connectivity index (χ0) is 27.1. The van der Waals surface area contributed by atoms with Crippen molar-refractivity contribution in [1.82, 2.24) is 14.7 Å². The first-order chi connectivity index (χ1) is 18.3. The Morgan fingerprint density at radius 3 is 2.37 bits per heavy atom. The van der Waals surface area contributed by atoms with Crippen molar-refractivity contribution in [2.75, 3.05) is 30.8 Å². The number of anilines is 2. The van der Waals surface area contributed by atoms with Crippen LogP contribution in [-0.4, -0.2) is 46.8 Å². The number of rotatable bonds is 9. The van der Waals surface area contributed by atoms with E-state index in [-0.39, 0.29) is 24.4 Å². The molecule has 1 heterocycles. The standard InChI is InChI=1S/C29H30ClN5O3/c1-20(2)18-34(29(37)31-23-11-7-10-22(30)16-23)19-28(36)32-27-17-26(21-8-5-4-6-9-21)33-35(27)24-12-14-25(38-3)15-13-24/h4-17,20H,18-19H2,1-3H3,(H,31,37)(H,32,36). The number of ether oxygens (including phenoxy) is 1. The average Bonchev–Trinajstić information content (AvgIpc) is 3.32. The van der Waals surface area contributed by atoms with Crippen LogP contribution < -0.4 is 15.4 Å². The number of aromatic nitrogens is 2. The molecule has 8 nitrogen and oxygen atoms in total. The minimum absolute atomic E-state index is 0.140. The summed E-state index contributed by atoms with van der Waals surface area (Å²) >= 11 is 6.05. The molecule has 0 bridgehead atoms. The molecule has 4 rings (SSSR count). The lowest BCUT2D eigenvalue weighted by molar-refractivity contribution is -0.116. The van der Waals surface area contributed by atoms with Gasteiger partial charge in [-0.1, -0.05) is 61.8 Å². The van der Waals surface area contributed by atoms with Gasteiger partial charge in [0.05, 0.1) is 18.5 Å². The first-order valence-corrected chi connectivity index (χ1v) is 12.6. The molecular formula is C29H30ClN5O3. The number of halogens is 1. The van der Waals surface area contributed by atoms with E-state index in [4.69, 9.17) is 21.4 Å². The fourth-order valence-corrected chi connectivity index (χ4v) is 4.12. The number of benzene rings is 3. The van der Waals surface area contributed by atoms with Gasteiger partial charge in [0.25, 0.3) is 0 Å². The van der Waals surface area contributed by atoms with Gasteiger partial charge in [0, 0.05) is 28.9 Å². The van der Waals surface area contributed by atoms with Crippen LogP contribution in [0.1, 0.15) is 13.8 Å². The van der Waals surface area contributed by atoms with Crippen LogP contribution in [0.5, 0.6) is 5.75 Å². The van der Waals surface area contributed by atoms with Gasteiger partial charge in [-0.15, -0.1) is 0 Å². The quantitative estimate of drug-likeness (QED) is 0.264. The molecule has 0 saturated heterocycles. The van der Waals surface area contributed by atoms with Gasteiger partial charge in [-0.3, -0.25) is 4.79 Å². The maximum Gasteiger partial charge on any atom is 0.322 e. The van der Waals surface area contributed by atoms with Gasteiger partial charge in [0.1, 0.15) is 18.1 Å². The fourth-order valence-electron chi connectivity index (χ4n) is 3.92. The van der Waals surface area contributed by atoms with E-state index in [1.165, 1.54) is 4.90 Å². The number of hydrogen-bond acceptors (Lipinski definition) is 4. The molecule has 0 atom stereocenters. The third-order valence-corrected chi connectivity index (χ3v) is 5.88. The summed E-state index contributed by atoms with van der Waals surface area (Å²) in [6, 6.07) is 25.4. The smallest absolute Gasteiger partial charge is 0.322 e. The van der Waals surface area contributed by atoms with E-state index in [1.54, 1.807) is 36.1 Å². The maximum atomic E-state index is 13.2. The molecule has 1 aromatic heterocycles. The summed E-state index contributed by atoms with van der Waals surface area (Å²) in [6.07, 6.45) is 0. The SMILES string of the molecule is COc1ccc(-n2nc(-c3ccccc3)cc2NC(=O)CN(CC(C)C)C(=O)Nc2cccc(Cl)c2)cc1. The Labute approximate surface area is 227 Å². The lowest BCUT2D eigenvalue weighted by Crippen LogP contribution is -2.42. The molecule has 38 heavy (non-hydrogen) atoms. The van der Waals surface area contributed by atoms with Crippen LogP contribution >= 0.6 is 11.6 Å². The topological polar surface area (TPSA) is 88.5 Å². The van der Waals surface area contributed by atoms with Gasteiger partial charge in [0.15, 0.2) is 0 Å². The molecule has 0 fully saturated rings. The molecule has 0 aliphatic carbocycles. The molecule has 0 unspecified atom stereocenters. The minimum atomic E-state index is -0.384. The Kier molecular flexibility index (Phi) is 8.66. The van der Waals surface area contributed by atoms with Gasteiger partial charge in [0.2, 0.25) is 5.91 Å². The zero-order valence-corrected chi connectivity index (χ0v) is 22.3. The third kappa shape index (κ3) is 6.92. The number of urea groups is 1. The predicted octanol–water partition coefficient (Wildman–Crippen LogP) is 6.33. The molecule has 4 aromatic rings. The van der Waals surface area contributed by atoms with Crippen molar-refractivity contribution < 1.29 is 14.3 Å².